The van der Waals surface area contributed by atoms with E-state index in [9.17, 15) is 15.5 Å². The van der Waals surface area contributed by atoms with Gasteiger partial charge in [-0.2, -0.15) is 0 Å². The van der Waals surface area contributed by atoms with Crippen molar-refractivity contribution >= 4 is 41.3 Å². The summed E-state index contributed by atoms with van der Waals surface area (Å²) in [4.78, 5) is 3.17. The standard InChI is InChI=1S/C7H4ClF4NS2.C2H6/c8-15(9,10,11,12)7-13-5-3-1-2-4-6(5)14-7;1-2/h1-4H;1-2H3. The summed E-state index contributed by atoms with van der Waals surface area (Å²) in [5, 5.41) is 0. The molecular formula is C9H10ClF4NS2. The fourth-order valence-corrected chi connectivity index (χ4v) is 3.27. The van der Waals surface area contributed by atoms with Crippen molar-refractivity contribution in [3.63, 3.8) is 0 Å². The number of thiazole rings is 1. The molecule has 1 aromatic carbocycles. The van der Waals surface area contributed by atoms with Gasteiger partial charge in [-0.25, -0.2) is 4.98 Å². The molecule has 17 heavy (non-hydrogen) atoms. The lowest BCUT2D eigenvalue weighted by Crippen LogP contribution is -2.03. The molecule has 1 aromatic heterocycles. The summed E-state index contributed by atoms with van der Waals surface area (Å²) in [6.07, 6.45) is 0. The number of nitrogens with zero attached hydrogens (tertiary/aromatic N) is 1. The fraction of sp³-hybridized carbons (Fsp3) is 0.222. The summed E-state index contributed by atoms with van der Waals surface area (Å²) >= 11 is 0.211. The first-order chi connectivity index (χ1) is 7.56. The summed E-state index contributed by atoms with van der Waals surface area (Å²) < 4.78 is 49.7. The van der Waals surface area contributed by atoms with E-state index in [0.29, 0.717) is 0 Å². The molecule has 0 saturated heterocycles. The summed E-state index contributed by atoms with van der Waals surface area (Å²) in [7, 11) is -4.50. The number of aromatic nitrogens is 1. The van der Waals surface area contributed by atoms with Crippen LogP contribution in [0.5, 0.6) is 0 Å². The normalized spacial score (nSPS) is 15.7. The predicted octanol–water partition coefficient (Wildman–Crippen LogP) is 6.25. The Bertz CT molecular complexity index is 501. The summed E-state index contributed by atoms with van der Waals surface area (Å²) in [5.74, 6) is 0. The van der Waals surface area contributed by atoms with E-state index in [1.807, 2.05) is 13.8 Å². The predicted molar refractivity (Wildman–Crippen MR) is 67.1 cm³/mol. The van der Waals surface area contributed by atoms with Gasteiger partial charge in [0.25, 0.3) is 9.05 Å². The van der Waals surface area contributed by atoms with Crippen LogP contribution in [0.2, 0.25) is 0 Å². The molecule has 0 aliphatic rings. The second kappa shape index (κ2) is 3.73. The number of fused-ring (bicyclic) bond motifs is 1. The molecular weight excluding hydrogens is 298 g/mol. The second-order valence-electron chi connectivity index (χ2n) is 2.92. The Balaban J connectivity index is 0.000000686. The van der Waals surface area contributed by atoms with E-state index in [4.69, 9.17) is 0 Å². The highest BCUT2D eigenvalue weighted by molar-refractivity contribution is 8.66. The molecule has 2 rings (SSSR count). The Hall–Kier alpha value is -0.530. The Morgan fingerprint density at radius 2 is 1.65 bits per heavy atom. The van der Waals surface area contributed by atoms with Crippen LogP contribution in [0.1, 0.15) is 13.8 Å². The lowest BCUT2D eigenvalue weighted by Gasteiger charge is -2.39. The van der Waals surface area contributed by atoms with Crippen LogP contribution < -0.4 is 0 Å². The molecule has 0 amide bonds. The third kappa shape index (κ3) is 3.46. The molecule has 0 aliphatic carbocycles. The van der Waals surface area contributed by atoms with E-state index in [1.54, 1.807) is 6.07 Å². The largest absolute Gasteiger partial charge is 0.276 e. The molecule has 1 nitrogen and oxygen atoms in total. The van der Waals surface area contributed by atoms with Crippen LogP contribution in [-0.4, -0.2) is 4.98 Å². The van der Waals surface area contributed by atoms with Gasteiger partial charge in [0.2, 0.25) is 4.34 Å². The Morgan fingerprint density at radius 1 is 1.12 bits per heavy atom. The molecule has 0 N–H and O–H groups in total. The van der Waals surface area contributed by atoms with Gasteiger partial charge in [0.1, 0.15) is 0 Å². The van der Waals surface area contributed by atoms with Gasteiger partial charge in [-0.15, -0.1) is 26.9 Å². The maximum absolute atomic E-state index is 12.8. The highest BCUT2D eigenvalue weighted by atomic mass is 35.7. The zero-order chi connectivity index (χ0) is 13.4. The van der Waals surface area contributed by atoms with Crippen molar-refractivity contribution in [3.05, 3.63) is 24.3 Å². The van der Waals surface area contributed by atoms with Gasteiger partial charge in [-0.1, -0.05) is 26.0 Å². The van der Waals surface area contributed by atoms with E-state index in [1.165, 1.54) is 18.2 Å². The number of hydrogen-bond acceptors (Lipinski definition) is 2. The summed E-state index contributed by atoms with van der Waals surface area (Å²) in [5.41, 5.74) is 0.0914. The van der Waals surface area contributed by atoms with Gasteiger partial charge in [0.15, 0.2) is 0 Å². The topological polar surface area (TPSA) is 12.9 Å². The van der Waals surface area contributed by atoms with Crippen molar-refractivity contribution in [2.45, 2.75) is 18.2 Å². The molecule has 0 unspecified atom stereocenters. The number of hydrogen-bond donors (Lipinski definition) is 0. The van der Waals surface area contributed by atoms with Gasteiger partial charge >= 0.3 is 0 Å². The van der Waals surface area contributed by atoms with E-state index in [-0.39, 0.29) is 21.6 Å². The van der Waals surface area contributed by atoms with Crippen LogP contribution in [0, 0.1) is 0 Å². The molecule has 0 fully saturated rings. The molecule has 0 aliphatic heterocycles. The third-order valence-electron chi connectivity index (χ3n) is 1.60. The number of benzene rings is 1. The van der Waals surface area contributed by atoms with Crippen LogP contribution in [-0.2, 0) is 0 Å². The zero-order valence-electron chi connectivity index (χ0n) is 8.96. The average Bonchev–Trinajstić information content (AvgIpc) is 2.62. The van der Waals surface area contributed by atoms with Gasteiger partial charge in [-0.3, -0.25) is 0 Å². The molecule has 0 bridgehead atoms. The van der Waals surface area contributed by atoms with Gasteiger partial charge in [0, 0.05) is 10.7 Å². The maximum atomic E-state index is 12.8. The van der Waals surface area contributed by atoms with Crippen molar-refractivity contribution in [3.8, 4) is 0 Å². The molecule has 0 atom stereocenters. The SMILES string of the molecule is CC.FS(F)(F)(F)(Cl)c1nc2ccccc2s1. The van der Waals surface area contributed by atoms with Crippen molar-refractivity contribution in [2.24, 2.45) is 0 Å². The molecule has 8 heteroatoms. The van der Waals surface area contributed by atoms with Crippen molar-refractivity contribution in [1.82, 2.24) is 4.98 Å². The van der Waals surface area contributed by atoms with Gasteiger partial charge in [0.05, 0.1) is 10.2 Å². The molecule has 2 aromatic rings. The summed E-state index contributed by atoms with van der Waals surface area (Å²) in [6.45, 7) is 4.00. The van der Waals surface area contributed by atoms with Crippen LogP contribution in [0.4, 0.5) is 15.5 Å². The number of rotatable bonds is 1. The molecule has 1 heterocycles. The van der Waals surface area contributed by atoms with Gasteiger partial charge in [-0.05, 0) is 12.1 Å². The summed E-state index contributed by atoms with van der Waals surface area (Å²) in [6, 6.07) is 5.87. The Morgan fingerprint density at radius 3 is 2.12 bits per heavy atom. The lowest BCUT2D eigenvalue weighted by molar-refractivity contribution is 0.479. The van der Waals surface area contributed by atoms with Crippen LogP contribution in [0.3, 0.4) is 0 Å². The molecule has 0 saturated carbocycles. The fourth-order valence-electron chi connectivity index (χ4n) is 1.02. The average molecular weight is 308 g/mol. The minimum Gasteiger partial charge on any atom is -0.223 e. The number of para-hydroxylation sites is 1. The smallest absolute Gasteiger partial charge is 0.223 e. The quantitative estimate of drug-likeness (QED) is 0.567. The minimum absolute atomic E-state index is 0.0914. The van der Waals surface area contributed by atoms with Crippen LogP contribution >= 0.6 is 31.1 Å². The van der Waals surface area contributed by atoms with Crippen molar-refractivity contribution < 1.29 is 15.5 Å². The minimum atomic E-state index is -8.64. The van der Waals surface area contributed by atoms with E-state index < -0.39 is 13.4 Å². The van der Waals surface area contributed by atoms with Crippen molar-refractivity contribution in [1.29, 1.82) is 0 Å². The maximum Gasteiger partial charge on any atom is 0.276 e. The Kier molecular flexibility index (Phi) is 3.19. The highest BCUT2D eigenvalue weighted by Gasteiger charge is 2.66. The molecule has 0 radical (unpaired) electrons. The number of halogens is 5. The van der Waals surface area contributed by atoms with Gasteiger partial charge < -0.3 is 0 Å². The first kappa shape index (κ1) is 14.5. The molecule has 98 valence electrons. The van der Waals surface area contributed by atoms with Crippen LogP contribution in [0.15, 0.2) is 28.6 Å². The van der Waals surface area contributed by atoms with E-state index in [0.717, 1.165) is 0 Å². The van der Waals surface area contributed by atoms with E-state index >= 15 is 0 Å². The second-order valence-corrected chi connectivity index (χ2v) is 8.39. The lowest BCUT2D eigenvalue weighted by atomic mass is 10.3. The Labute approximate surface area is 104 Å². The monoisotopic (exact) mass is 307 g/mol. The third-order valence-corrected chi connectivity index (χ3v) is 5.16. The van der Waals surface area contributed by atoms with E-state index in [2.05, 4.69) is 15.7 Å². The highest BCUT2D eigenvalue weighted by Crippen LogP contribution is 3.04. The zero-order valence-corrected chi connectivity index (χ0v) is 11.4. The first-order valence-corrected chi connectivity index (χ1v) is 8.35. The molecule has 0 spiro atoms. The van der Waals surface area contributed by atoms with Crippen LogP contribution in [0.25, 0.3) is 10.2 Å². The van der Waals surface area contributed by atoms with Crippen molar-refractivity contribution in [2.75, 3.05) is 0 Å². The first-order valence-electron chi connectivity index (χ1n) is 4.66.